The SMILES string of the molecule is CCOc1cccc(/C=N/Nc2ncnc3sc4c(c23)C[C@H](C(C)(C)CC)CC4)c1O. The first-order valence-electron chi connectivity index (χ1n) is 10.9. The highest BCUT2D eigenvalue weighted by atomic mass is 32.1. The number of aromatic hydroxyl groups is 1. The van der Waals surface area contributed by atoms with Gasteiger partial charge in [-0.1, -0.05) is 33.3 Å². The van der Waals surface area contributed by atoms with E-state index in [1.54, 1.807) is 36.0 Å². The highest BCUT2D eigenvalue weighted by molar-refractivity contribution is 7.19. The minimum absolute atomic E-state index is 0.0836. The first kappa shape index (κ1) is 21.6. The maximum atomic E-state index is 10.4. The molecule has 1 atom stereocenters. The number of benzene rings is 1. The fraction of sp³-hybridized carbons (Fsp3) is 0.458. The number of phenols is 1. The number of nitrogens with zero attached hydrogens (tertiary/aromatic N) is 3. The van der Waals surface area contributed by atoms with Crippen LogP contribution in [0.2, 0.25) is 0 Å². The van der Waals surface area contributed by atoms with Crippen LogP contribution in [0.4, 0.5) is 5.82 Å². The van der Waals surface area contributed by atoms with Crippen LogP contribution < -0.4 is 10.2 Å². The number of hydrazone groups is 1. The van der Waals surface area contributed by atoms with E-state index in [9.17, 15) is 5.11 Å². The summed E-state index contributed by atoms with van der Waals surface area (Å²) < 4.78 is 5.45. The molecule has 0 aliphatic heterocycles. The van der Waals surface area contributed by atoms with Crippen molar-refractivity contribution in [3.63, 3.8) is 0 Å². The van der Waals surface area contributed by atoms with Gasteiger partial charge in [-0.2, -0.15) is 5.10 Å². The lowest BCUT2D eigenvalue weighted by atomic mass is 9.69. The number of fused-ring (bicyclic) bond motifs is 3. The highest BCUT2D eigenvalue weighted by Crippen LogP contribution is 2.45. The first-order chi connectivity index (χ1) is 14.9. The molecule has 6 nitrogen and oxygen atoms in total. The smallest absolute Gasteiger partial charge is 0.166 e. The summed E-state index contributed by atoms with van der Waals surface area (Å²) in [4.78, 5) is 11.4. The Morgan fingerprint density at radius 1 is 1.32 bits per heavy atom. The molecular weight excluding hydrogens is 408 g/mol. The third kappa shape index (κ3) is 4.24. The fourth-order valence-electron chi connectivity index (χ4n) is 4.23. The molecule has 0 amide bonds. The van der Waals surface area contributed by atoms with E-state index in [0.29, 0.717) is 35.1 Å². The number of aromatic nitrogens is 2. The van der Waals surface area contributed by atoms with E-state index in [-0.39, 0.29) is 5.75 Å². The molecule has 0 fully saturated rings. The monoisotopic (exact) mass is 438 g/mol. The molecule has 0 radical (unpaired) electrons. The van der Waals surface area contributed by atoms with E-state index in [4.69, 9.17) is 4.74 Å². The number of aryl methyl sites for hydroxylation is 1. The van der Waals surface area contributed by atoms with Gasteiger partial charge < -0.3 is 9.84 Å². The number of thiophene rings is 1. The third-order valence-electron chi connectivity index (χ3n) is 6.56. The molecular formula is C24H30N4O2S. The Hall–Kier alpha value is -2.67. The summed E-state index contributed by atoms with van der Waals surface area (Å²) in [6.45, 7) is 9.41. The average Bonchev–Trinajstić information content (AvgIpc) is 3.15. The van der Waals surface area contributed by atoms with Crippen molar-refractivity contribution in [2.45, 2.75) is 53.4 Å². The van der Waals surface area contributed by atoms with Crippen molar-refractivity contribution in [3.05, 3.63) is 40.5 Å². The molecule has 31 heavy (non-hydrogen) atoms. The highest BCUT2D eigenvalue weighted by Gasteiger charge is 2.33. The standard InChI is InChI=1S/C24H30N4O2S/c1-5-24(3,4)16-10-11-19-17(12-16)20-22(25-14-26-23(20)31-19)28-27-13-15-8-7-9-18(21(15)29)30-6-2/h7-9,13-14,16,29H,5-6,10-12H2,1-4H3,(H,25,26,28)/b27-13+/t16-/m1/s1. The number of nitrogens with one attached hydrogen (secondary N) is 1. The predicted molar refractivity (Wildman–Crippen MR) is 127 cm³/mol. The van der Waals surface area contributed by atoms with Gasteiger partial charge in [0.25, 0.3) is 0 Å². The maximum absolute atomic E-state index is 10.4. The van der Waals surface area contributed by atoms with Crippen LogP contribution in [0.25, 0.3) is 10.2 Å². The Bertz CT molecular complexity index is 1110. The number of anilines is 1. The Morgan fingerprint density at radius 3 is 2.94 bits per heavy atom. The number of rotatable bonds is 7. The van der Waals surface area contributed by atoms with Gasteiger partial charge in [-0.15, -0.1) is 11.3 Å². The Balaban J connectivity index is 1.62. The molecule has 1 aliphatic carbocycles. The second-order valence-corrected chi connectivity index (χ2v) is 9.77. The number of ether oxygens (including phenoxy) is 1. The first-order valence-corrected chi connectivity index (χ1v) is 11.7. The molecule has 2 heterocycles. The van der Waals surface area contributed by atoms with Gasteiger partial charge in [-0.25, -0.2) is 9.97 Å². The van der Waals surface area contributed by atoms with Crippen molar-refractivity contribution in [1.29, 1.82) is 0 Å². The van der Waals surface area contributed by atoms with Crippen LogP contribution in [0, 0.1) is 11.3 Å². The average molecular weight is 439 g/mol. The Kier molecular flexibility index (Phi) is 6.14. The van der Waals surface area contributed by atoms with Gasteiger partial charge in [0.05, 0.1) is 18.2 Å². The second kappa shape index (κ2) is 8.83. The van der Waals surface area contributed by atoms with E-state index < -0.39 is 0 Å². The van der Waals surface area contributed by atoms with Crippen LogP contribution >= 0.6 is 11.3 Å². The molecule has 0 saturated heterocycles. The quantitative estimate of drug-likeness (QED) is 0.361. The van der Waals surface area contributed by atoms with Crippen LogP contribution in [-0.4, -0.2) is 27.9 Å². The topological polar surface area (TPSA) is 79.6 Å². The lowest BCUT2D eigenvalue weighted by Gasteiger charge is -2.36. The van der Waals surface area contributed by atoms with Crippen LogP contribution in [0.5, 0.6) is 11.5 Å². The normalized spacial score (nSPS) is 16.6. The molecule has 7 heteroatoms. The molecule has 4 rings (SSSR count). The largest absolute Gasteiger partial charge is 0.504 e. The van der Waals surface area contributed by atoms with Crippen LogP contribution in [-0.2, 0) is 12.8 Å². The van der Waals surface area contributed by atoms with Crippen molar-refractivity contribution in [2.75, 3.05) is 12.0 Å². The van der Waals surface area contributed by atoms with Crippen molar-refractivity contribution in [3.8, 4) is 11.5 Å². The molecule has 0 saturated carbocycles. The van der Waals surface area contributed by atoms with Gasteiger partial charge in [0.1, 0.15) is 11.2 Å². The van der Waals surface area contributed by atoms with E-state index in [2.05, 4.69) is 41.3 Å². The van der Waals surface area contributed by atoms with Crippen LogP contribution in [0.15, 0.2) is 29.6 Å². The third-order valence-corrected chi connectivity index (χ3v) is 7.76. The van der Waals surface area contributed by atoms with E-state index in [1.165, 1.54) is 23.3 Å². The minimum Gasteiger partial charge on any atom is -0.504 e. The predicted octanol–water partition coefficient (Wildman–Crippen LogP) is 5.78. The zero-order valence-corrected chi connectivity index (χ0v) is 19.4. The number of phenolic OH excluding ortho intramolecular Hbond substituents is 1. The molecule has 0 bridgehead atoms. The lowest BCUT2D eigenvalue weighted by Crippen LogP contribution is -2.28. The number of hydrogen-bond donors (Lipinski definition) is 2. The van der Waals surface area contributed by atoms with Gasteiger partial charge in [0.2, 0.25) is 0 Å². The van der Waals surface area contributed by atoms with E-state index >= 15 is 0 Å². The summed E-state index contributed by atoms with van der Waals surface area (Å²) in [5, 5.41) is 15.8. The second-order valence-electron chi connectivity index (χ2n) is 8.69. The Morgan fingerprint density at radius 2 is 2.16 bits per heavy atom. The van der Waals surface area contributed by atoms with E-state index in [0.717, 1.165) is 23.1 Å². The lowest BCUT2D eigenvalue weighted by molar-refractivity contribution is 0.184. The van der Waals surface area contributed by atoms with Crippen LogP contribution in [0.3, 0.4) is 0 Å². The molecule has 3 aromatic rings. The molecule has 0 unspecified atom stereocenters. The summed E-state index contributed by atoms with van der Waals surface area (Å²) in [6.07, 6.45) is 7.73. The fourth-order valence-corrected chi connectivity index (χ4v) is 5.41. The zero-order chi connectivity index (χ0) is 22.0. The number of hydrogen-bond acceptors (Lipinski definition) is 7. The summed E-state index contributed by atoms with van der Waals surface area (Å²) in [7, 11) is 0. The molecule has 0 spiro atoms. The van der Waals surface area contributed by atoms with Gasteiger partial charge in [-0.3, -0.25) is 5.43 Å². The molecule has 2 N–H and O–H groups in total. The van der Waals surface area contributed by atoms with Crippen LogP contribution in [0.1, 0.15) is 56.5 Å². The van der Waals surface area contributed by atoms with Gasteiger partial charge in [0, 0.05) is 10.4 Å². The van der Waals surface area contributed by atoms with Crippen molar-refractivity contribution < 1.29 is 9.84 Å². The molecule has 164 valence electrons. The molecule has 1 aliphatic rings. The number of para-hydroxylation sites is 1. The summed E-state index contributed by atoms with van der Waals surface area (Å²) in [5.74, 6) is 1.90. The van der Waals surface area contributed by atoms with Gasteiger partial charge >= 0.3 is 0 Å². The molecule has 1 aromatic carbocycles. The van der Waals surface area contributed by atoms with Crippen molar-refractivity contribution in [1.82, 2.24) is 9.97 Å². The molecule has 2 aromatic heterocycles. The van der Waals surface area contributed by atoms with E-state index in [1.807, 2.05) is 13.0 Å². The maximum Gasteiger partial charge on any atom is 0.166 e. The summed E-state index contributed by atoms with van der Waals surface area (Å²) in [5.41, 5.74) is 5.36. The zero-order valence-electron chi connectivity index (χ0n) is 18.6. The van der Waals surface area contributed by atoms with Gasteiger partial charge in [0.15, 0.2) is 17.3 Å². The van der Waals surface area contributed by atoms with Crippen molar-refractivity contribution in [2.24, 2.45) is 16.4 Å². The van der Waals surface area contributed by atoms with Crippen molar-refractivity contribution >= 4 is 33.6 Å². The summed E-state index contributed by atoms with van der Waals surface area (Å²) >= 11 is 1.77. The van der Waals surface area contributed by atoms with Gasteiger partial charge in [-0.05, 0) is 55.2 Å². The summed E-state index contributed by atoms with van der Waals surface area (Å²) in [6, 6.07) is 5.37. The minimum atomic E-state index is 0.0836. The Labute approximate surface area is 187 Å².